The molecule has 0 unspecified atom stereocenters. The summed E-state index contributed by atoms with van der Waals surface area (Å²) in [6.07, 6.45) is 1.30. The zero-order valence-electron chi connectivity index (χ0n) is 9.64. The van der Waals surface area contributed by atoms with Crippen molar-refractivity contribution in [2.24, 2.45) is 0 Å². The van der Waals surface area contributed by atoms with Crippen molar-refractivity contribution < 1.29 is 8.42 Å². The minimum absolute atomic E-state index is 0.0595. The second kappa shape index (κ2) is 5.11. The van der Waals surface area contributed by atoms with Gasteiger partial charge in [0.25, 0.3) is 10.0 Å². The molecule has 0 radical (unpaired) electrons. The van der Waals surface area contributed by atoms with Gasteiger partial charge < -0.3 is 4.98 Å². The first-order valence-corrected chi connectivity index (χ1v) is 7.81. The zero-order valence-corrected chi connectivity index (χ0v) is 12.0. The first-order chi connectivity index (χ1) is 8.51. The summed E-state index contributed by atoms with van der Waals surface area (Å²) in [6.45, 7) is 1.70. The number of nitrogens with zero attached hydrogens (tertiary/aromatic N) is 1. The Morgan fingerprint density at radius 3 is 2.83 bits per heavy atom. The Kier molecular flexibility index (Phi) is 3.72. The number of rotatable bonds is 4. The van der Waals surface area contributed by atoms with Crippen LogP contribution in [0.3, 0.4) is 0 Å². The first-order valence-electron chi connectivity index (χ1n) is 5.20. The normalized spacial score (nSPS) is 11.4. The Balaban J connectivity index is 2.27. The average molecular weight is 330 g/mol. The summed E-state index contributed by atoms with van der Waals surface area (Å²) in [4.78, 5) is 6.57. The van der Waals surface area contributed by atoms with Crippen LogP contribution in [0.25, 0.3) is 0 Å². The number of H-pyrrole nitrogens is 1. The van der Waals surface area contributed by atoms with Crippen molar-refractivity contribution in [3.8, 4) is 0 Å². The molecule has 0 aliphatic heterocycles. The molecule has 1 aromatic heterocycles. The van der Waals surface area contributed by atoms with Gasteiger partial charge in [-0.15, -0.1) is 0 Å². The van der Waals surface area contributed by atoms with Crippen LogP contribution < -0.4 is 4.72 Å². The fourth-order valence-corrected chi connectivity index (χ4v) is 2.83. The van der Waals surface area contributed by atoms with Crippen LogP contribution >= 0.6 is 15.9 Å². The van der Waals surface area contributed by atoms with Crippen LogP contribution in [-0.4, -0.2) is 18.4 Å². The van der Waals surface area contributed by atoms with Crippen LogP contribution in [0.4, 0.5) is 5.69 Å². The minimum atomic E-state index is -3.60. The number of nitrogens with one attached hydrogen (secondary N) is 2. The molecule has 0 fully saturated rings. The highest BCUT2D eigenvalue weighted by Crippen LogP contribution is 2.17. The van der Waals surface area contributed by atoms with Crippen LogP contribution in [0, 0.1) is 6.92 Å². The van der Waals surface area contributed by atoms with Crippen LogP contribution in [0.1, 0.15) is 11.4 Å². The summed E-state index contributed by atoms with van der Waals surface area (Å²) in [5.41, 5.74) is 1.52. The molecule has 2 rings (SSSR count). The molecule has 0 aliphatic rings. The van der Waals surface area contributed by atoms with Gasteiger partial charge >= 0.3 is 0 Å². The quantitative estimate of drug-likeness (QED) is 0.846. The number of aromatic amines is 1. The Morgan fingerprint density at radius 2 is 2.22 bits per heavy atom. The van der Waals surface area contributed by atoms with Crippen molar-refractivity contribution in [3.05, 3.63) is 41.9 Å². The summed E-state index contributed by atoms with van der Waals surface area (Å²) < 4.78 is 26.5. The zero-order chi connectivity index (χ0) is 13.2. The number of imidazole rings is 1. The molecule has 0 aliphatic carbocycles. The van der Waals surface area contributed by atoms with Crippen molar-refractivity contribution in [1.29, 1.82) is 0 Å². The molecule has 0 spiro atoms. The second-order valence-corrected chi connectivity index (χ2v) is 5.98. The van der Waals surface area contributed by atoms with Crippen molar-refractivity contribution in [2.45, 2.75) is 17.3 Å². The fourth-order valence-electron chi connectivity index (χ4n) is 1.46. The second-order valence-electron chi connectivity index (χ2n) is 3.77. The number of aryl methyl sites for hydroxylation is 1. The maximum Gasteiger partial charge on any atom is 0.278 e. The van der Waals surface area contributed by atoms with E-state index >= 15 is 0 Å². The van der Waals surface area contributed by atoms with Gasteiger partial charge in [-0.3, -0.25) is 4.72 Å². The van der Waals surface area contributed by atoms with E-state index in [-0.39, 0.29) is 5.03 Å². The standard InChI is InChI=1S/C11H12BrN3O2S/c1-8-13-7-11(14-8)18(16,17)15-10-4-2-3-9(5-10)6-12/h2-5,7,15H,6H2,1H3,(H,13,14). The first kappa shape index (κ1) is 13.1. The molecule has 7 heteroatoms. The average Bonchev–Trinajstić information content (AvgIpc) is 2.76. The molecular weight excluding hydrogens is 318 g/mol. The topological polar surface area (TPSA) is 74.8 Å². The molecule has 2 N–H and O–H groups in total. The van der Waals surface area contributed by atoms with Gasteiger partial charge in [-0.25, -0.2) is 4.98 Å². The van der Waals surface area contributed by atoms with Gasteiger partial charge in [-0.2, -0.15) is 8.42 Å². The molecule has 0 amide bonds. The molecule has 0 bridgehead atoms. The van der Waals surface area contributed by atoms with E-state index < -0.39 is 10.0 Å². The highest BCUT2D eigenvalue weighted by atomic mass is 79.9. The molecule has 1 heterocycles. The molecule has 0 saturated heterocycles. The number of alkyl halides is 1. The van der Waals surface area contributed by atoms with Crippen molar-refractivity contribution in [3.63, 3.8) is 0 Å². The molecule has 0 atom stereocenters. The van der Waals surface area contributed by atoms with E-state index in [9.17, 15) is 8.42 Å². The Hall–Kier alpha value is -1.34. The van der Waals surface area contributed by atoms with Gasteiger partial charge in [0.1, 0.15) is 5.82 Å². The third kappa shape index (κ3) is 2.91. The van der Waals surface area contributed by atoms with Crippen molar-refractivity contribution in [1.82, 2.24) is 9.97 Å². The summed E-state index contributed by atoms with van der Waals surface area (Å²) in [6, 6.07) is 7.18. The van der Waals surface area contributed by atoms with Crippen molar-refractivity contribution in [2.75, 3.05) is 4.72 Å². The number of hydrogen-bond donors (Lipinski definition) is 2. The third-order valence-corrected chi connectivity index (χ3v) is 4.24. The van der Waals surface area contributed by atoms with Crippen LogP contribution in [0.15, 0.2) is 35.5 Å². The smallest absolute Gasteiger partial charge is 0.278 e. The number of anilines is 1. The van der Waals surface area contributed by atoms with Crippen LogP contribution in [-0.2, 0) is 15.4 Å². The monoisotopic (exact) mass is 329 g/mol. The van der Waals surface area contributed by atoms with Gasteiger partial charge in [0, 0.05) is 11.0 Å². The van der Waals surface area contributed by atoms with E-state index in [0.717, 1.165) is 5.56 Å². The highest BCUT2D eigenvalue weighted by molar-refractivity contribution is 9.08. The number of benzene rings is 1. The van der Waals surface area contributed by atoms with Crippen LogP contribution in [0.2, 0.25) is 0 Å². The van der Waals surface area contributed by atoms with Gasteiger partial charge in [-0.1, -0.05) is 28.1 Å². The summed E-state index contributed by atoms with van der Waals surface area (Å²) in [7, 11) is -3.60. The highest BCUT2D eigenvalue weighted by Gasteiger charge is 2.16. The summed E-state index contributed by atoms with van der Waals surface area (Å²) in [5, 5.41) is 0.732. The maximum absolute atomic E-state index is 12.0. The molecular formula is C11H12BrN3O2S. The Bertz CT molecular complexity index is 652. The molecule has 96 valence electrons. The predicted molar refractivity (Wildman–Crippen MR) is 73.2 cm³/mol. The van der Waals surface area contributed by atoms with E-state index in [0.29, 0.717) is 16.8 Å². The molecule has 0 saturated carbocycles. The van der Waals surface area contributed by atoms with E-state index in [1.165, 1.54) is 6.20 Å². The fraction of sp³-hybridized carbons (Fsp3) is 0.182. The number of halogens is 1. The van der Waals surface area contributed by atoms with Gasteiger partial charge in [0.05, 0.1) is 6.20 Å². The minimum Gasteiger partial charge on any atom is -0.332 e. The number of aromatic nitrogens is 2. The Labute approximate surface area is 114 Å². The summed E-state index contributed by atoms with van der Waals surface area (Å²) >= 11 is 3.33. The van der Waals surface area contributed by atoms with E-state index in [1.54, 1.807) is 25.1 Å². The van der Waals surface area contributed by atoms with Crippen molar-refractivity contribution >= 4 is 31.6 Å². The van der Waals surface area contributed by atoms with Gasteiger partial charge in [-0.05, 0) is 24.6 Å². The number of sulfonamides is 1. The largest absolute Gasteiger partial charge is 0.332 e. The predicted octanol–water partition coefficient (Wildman–Crippen LogP) is 2.41. The van der Waals surface area contributed by atoms with Gasteiger partial charge in [0.15, 0.2) is 5.03 Å². The molecule has 2 aromatic rings. The Morgan fingerprint density at radius 1 is 1.44 bits per heavy atom. The molecule has 18 heavy (non-hydrogen) atoms. The van der Waals surface area contributed by atoms with Gasteiger partial charge in [0.2, 0.25) is 0 Å². The SMILES string of the molecule is Cc1ncc(S(=O)(=O)Nc2cccc(CBr)c2)[nH]1. The van der Waals surface area contributed by atoms with E-state index in [4.69, 9.17) is 0 Å². The lowest BCUT2D eigenvalue weighted by Gasteiger charge is -2.07. The lowest BCUT2D eigenvalue weighted by atomic mass is 10.2. The lowest BCUT2D eigenvalue weighted by molar-refractivity contribution is 0.598. The lowest BCUT2D eigenvalue weighted by Crippen LogP contribution is -2.13. The molecule has 1 aromatic carbocycles. The maximum atomic E-state index is 12.0. The van der Waals surface area contributed by atoms with E-state index in [1.807, 2.05) is 6.07 Å². The van der Waals surface area contributed by atoms with Crippen LogP contribution in [0.5, 0.6) is 0 Å². The summed E-state index contributed by atoms with van der Waals surface area (Å²) in [5.74, 6) is 0.560. The molecule has 5 nitrogen and oxygen atoms in total. The third-order valence-electron chi connectivity index (χ3n) is 2.30. The van der Waals surface area contributed by atoms with E-state index in [2.05, 4.69) is 30.6 Å². The number of hydrogen-bond acceptors (Lipinski definition) is 3.